The highest BCUT2D eigenvalue weighted by molar-refractivity contribution is 5.85. The molecule has 1 aliphatic heterocycles. The molecule has 2 amide bonds. The van der Waals surface area contributed by atoms with E-state index in [1.807, 2.05) is 6.92 Å². The van der Waals surface area contributed by atoms with E-state index in [0.29, 0.717) is 32.6 Å². The second-order valence-electron chi connectivity index (χ2n) is 4.72. The van der Waals surface area contributed by atoms with Gasteiger partial charge in [-0.05, 0) is 13.3 Å². The van der Waals surface area contributed by atoms with Crippen molar-refractivity contribution in [2.75, 3.05) is 26.2 Å². The molecule has 2 unspecified atom stereocenters. The monoisotopic (exact) mass is 293 g/mol. The van der Waals surface area contributed by atoms with Gasteiger partial charge in [-0.1, -0.05) is 13.3 Å². The summed E-state index contributed by atoms with van der Waals surface area (Å²) in [6, 6.07) is -0.436. The Balaban J connectivity index is 0.00000324. The number of aliphatic hydroxyl groups is 1. The Morgan fingerprint density at radius 1 is 1.16 bits per heavy atom. The maximum Gasteiger partial charge on any atom is 0.251 e. The quantitative estimate of drug-likeness (QED) is 0.737. The van der Waals surface area contributed by atoms with E-state index in [2.05, 4.69) is 0 Å². The molecule has 0 spiro atoms. The zero-order valence-electron chi connectivity index (χ0n) is 11.5. The number of aliphatic hydroxyl groups excluding tert-OH is 1. The highest BCUT2D eigenvalue weighted by Crippen LogP contribution is 2.07. The first kappa shape index (κ1) is 18.1. The lowest BCUT2D eigenvalue weighted by molar-refractivity contribution is -0.145. The molecule has 7 heteroatoms. The number of nitrogens with zero attached hydrogens (tertiary/aromatic N) is 2. The third kappa shape index (κ3) is 4.97. The van der Waals surface area contributed by atoms with Crippen LogP contribution >= 0.6 is 12.4 Å². The van der Waals surface area contributed by atoms with Crippen LogP contribution in [-0.2, 0) is 9.59 Å². The van der Waals surface area contributed by atoms with Crippen molar-refractivity contribution in [2.24, 2.45) is 5.73 Å². The zero-order chi connectivity index (χ0) is 13.7. The number of hydrogen-bond acceptors (Lipinski definition) is 4. The average molecular weight is 294 g/mol. The largest absolute Gasteiger partial charge is 0.384 e. The Morgan fingerprint density at radius 2 is 1.58 bits per heavy atom. The van der Waals surface area contributed by atoms with Crippen molar-refractivity contribution in [1.82, 2.24) is 9.80 Å². The van der Waals surface area contributed by atoms with Crippen LogP contribution in [-0.4, -0.2) is 65.0 Å². The fourth-order valence-corrected chi connectivity index (χ4v) is 2.08. The molecule has 0 radical (unpaired) electrons. The molecule has 19 heavy (non-hydrogen) atoms. The van der Waals surface area contributed by atoms with E-state index in [-0.39, 0.29) is 24.2 Å². The van der Waals surface area contributed by atoms with Gasteiger partial charge in [0.2, 0.25) is 5.91 Å². The number of piperazine rings is 1. The summed E-state index contributed by atoms with van der Waals surface area (Å²) in [6.07, 6.45) is 0.591. The van der Waals surface area contributed by atoms with Crippen molar-refractivity contribution >= 4 is 24.2 Å². The van der Waals surface area contributed by atoms with Gasteiger partial charge in [0.1, 0.15) is 6.10 Å². The van der Waals surface area contributed by atoms with Gasteiger partial charge >= 0.3 is 0 Å². The van der Waals surface area contributed by atoms with E-state index in [0.717, 1.165) is 6.42 Å². The second kappa shape index (κ2) is 8.35. The first-order valence-electron chi connectivity index (χ1n) is 6.48. The summed E-state index contributed by atoms with van der Waals surface area (Å²) in [6.45, 7) is 5.37. The molecule has 6 nitrogen and oxygen atoms in total. The van der Waals surface area contributed by atoms with Gasteiger partial charge in [0.25, 0.3) is 5.91 Å². The minimum Gasteiger partial charge on any atom is -0.384 e. The van der Waals surface area contributed by atoms with Crippen LogP contribution < -0.4 is 5.73 Å². The Labute approximate surface area is 120 Å². The molecule has 1 heterocycles. The van der Waals surface area contributed by atoms with Gasteiger partial charge in [0.15, 0.2) is 0 Å². The number of rotatable bonds is 4. The van der Waals surface area contributed by atoms with E-state index in [4.69, 9.17) is 5.73 Å². The average Bonchev–Trinajstić information content (AvgIpc) is 2.37. The molecule has 1 aliphatic rings. The van der Waals surface area contributed by atoms with Crippen molar-refractivity contribution in [3.05, 3.63) is 0 Å². The molecule has 1 rings (SSSR count). The van der Waals surface area contributed by atoms with Gasteiger partial charge in [0.05, 0.1) is 6.04 Å². The Kier molecular flexibility index (Phi) is 7.97. The molecule has 1 saturated heterocycles. The lowest BCUT2D eigenvalue weighted by Gasteiger charge is -2.36. The van der Waals surface area contributed by atoms with Crippen molar-refractivity contribution in [3.63, 3.8) is 0 Å². The van der Waals surface area contributed by atoms with Crippen LogP contribution in [0.3, 0.4) is 0 Å². The van der Waals surface area contributed by atoms with Gasteiger partial charge in [-0.2, -0.15) is 0 Å². The lowest BCUT2D eigenvalue weighted by atomic mass is 10.1. The molecule has 0 aromatic heterocycles. The standard InChI is InChI=1S/C12H23N3O3.ClH/c1-3-4-10(13)12(18)15-7-5-14(6-8-15)11(17)9(2)16;/h9-10,16H,3-8,13H2,1-2H3;1H. The van der Waals surface area contributed by atoms with Crippen LogP contribution in [0, 0.1) is 0 Å². The summed E-state index contributed by atoms with van der Waals surface area (Å²) in [5.74, 6) is -0.319. The number of amides is 2. The molecule has 0 bridgehead atoms. The molecule has 1 fully saturated rings. The molecule has 3 N–H and O–H groups in total. The van der Waals surface area contributed by atoms with Crippen LogP contribution in [0.1, 0.15) is 26.7 Å². The number of carbonyl (C=O) groups is 2. The Morgan fingerprint density at radius 3 is 1.95 bits per heavy atom. The summed E-state index contributed by atoms with van der Waals surface area (Å²) >= 11 is 0. The Hall–Kier alpha value is -0.850. The summed E-state index contributed by atoms with van der Waals surface area (Å²) < 4.78 is 0. The van der Waals surface area contributed by atoms with Gasteiger partial charge in [-0.3, -0.25) is 9.59 Å². The van der Waals surface area contributed by atoms with Gasteiger partial charge in [-0.25, -0.2) is 0 Å². The molecular formula is C12H24ClN3O3. The van der Waals surface area contributed by atoms with Crippen molar-refractivity contribution in [3.8, 4) is 0 Å². The fraction of sp³-hybridized carbons (Fsp3) is 0.833. The predicted molar refractivity (Wildman–Crippen MR) is 75.0 cm³/mol. The van der Waals surface area contributed by atoms with E-state index in [1.54, 1.807) is 9.80 Å². The first-order valence-corrected chi connectivity index (χ1v) is 6.48. The normalized spacial score (nSPS) is 18.5. The summed E-state index contributed by atoms with van der Waals surface area (Å²) in [7, 11) is 0. The SMILES string of the molecule is CCCC(N)C(=O)N1CCN(C(=O)C(C)O)CC1.Cl. The number of halogens is 1. The fourth-order valence-electron chi connectivity index (χ4n) is 2.08. The minimum absolute atomic E-state index is 0. The van der Waals surface area contributed by atoms with Gasteiger partial charge in [-0.15, -0.1) is 12.4 Å². The summed E-state index contributed by atoms with van der Waals surface area (Å²) in [5, 5.41) is 9.21. The topological polar surface area (TPSA) is 86.9 Å². The van der Waals surface area contributed by atoms with Crippen LogP contribution in [0.5, 0.6) is 0 Å². The third-order valence-electron chi connectivity index (χ3n) is 3.18. The number of carbonyl (C=O) groups excluding carboxylic acids is 2. The summed E-state index contributed by atoms with van der Waals surface area (Å²) in [5.41, 5.74) is 5.79. The van der Waals surface area contributed by atoms with Crippen molar-refractivity contribution in [2.45, 2.75) is 38.8 Å². The van der Waals surface area contributed by atoms with E-state index < -0.39 is 12.1 Å². The molecular weight excluding hydrogens is 270 g/mol. The second-order valence-corrected chi connectivity index (χ2v) is 4.72. The maximum atomic E-state index is 11.9. The van der Waals surface area contributed by atoms with Crippen LogP contribution in [0.4, 0.5) is 0 Å². The van der Waals surface area contributed by atoms with Gasteiger partial charge in [0, 0.05) is 26.2 Å². The highest BCUT2D eigenvalue weighted by Gasteiger charge is 2.27. The van der Waals surface area contributed by atoms with E-state index in [9.17, 15) is 14.7 Å². The highest BCUT2D eigenvalue weighted by atomic mass is 35.5. The molecule has 0 aromatic carbocycles. The van der Waals surface area contributed by atoms with Crippen LogP contribution in [0.15, 0.2) is 0 Å². The molecule has 0 aliphatic carbocycles. The van der Waals surface area contributed by atoms with Crippen molar-refractivity contribution in [1.29, 1.82) is 0 Å². The lowest BCUT2D eigenvalue weighted by Crippen LogP contribution is -2.55. The first-order chi connectivity index (χ1) is 8.47. The zero-order valence-corrected chi connectivity index (χ0v) is 12.4. The van der Waals surface area contributed by atoms with Crippen molar-refractivity contribution < 1.29 is 14.7 Å². The summed E-state index contributed by atoms with van der Waals surface area (Å²) in [4.78, 5) is 26.8. The molecule has 0 saturated carbocycles. The number of hydrogen-bond donors (Lipinski definition) is 2. The minimum atomic E-state index is -0.977. The molecule has 2 atom stereocenters. The van der Waals surface area contributed by atoms with E-state index >= 15 is 0 Å². The predicted octanol–water partition coefficient (Wildman–Crippen LogP) is -0.413. The third-order valence-corrected chi connectivity index (χ3v) is 3.18. The van der Waals surface area contributed by atoms with Crippen LogP contribution in [0.25, 0.3) is 0 Å². The smallest absolute Gasteiger partial charge is 0.251 e. The molecule has 0 aromatic rings. The van der Waals surface area contributed by atoms with E-state index in [1.165, 1.54) is 6.92 Å². The molecule has 112 valence electrons. The Bertz CT molecular complexity index is 305. The maximum absolute atomic E-state index is 11.9. The van der Waals surface area contributed by atoms with Crippen LogP contribution in [0.2, 0.25) is 0 Å². The van der Waals surface area contributed by atoms with Gasteiger partial charge < -0.3 is 20.6 Å². The number of nitrogens with two attached hydrogens (primary N) is 1.